The molecule has 140 valence electrons. The van der Waals surface area contributed by atoms with Gasteiger partial charge in [-0.15, -0.1) is 0 Å². The summed E-state index contributed by atoms with van der Waals surface area (Å²) in [7, 11) is -4.00. The van der Waals surface area contributed by atoms with Crippen molar-refractivity contribution < 1.29 is 22.4 Å². The van der Waals surface area contributed by atoms with E-state index in [2.05, 4.69) is 4.72 Å². The summed E-state index contributed by atoms with van der Waals surface area (Å²) >= 11 is 0. The van der Waals surface area contributed by atoms with Gasteiger partial charge in [-0.1, -0.05) is 18.2 Å². The van der Waals surface area contributed by atoms with E-state index in [1.807, 2.05) is 0 Å². The summed E-state index contributed by atoms with van der Waals surface area (Å²) in [5.74, 6) is -1.51. The Labute approximate surface area is 160 Å². The lowest BCUT2D eigenvalue weighted by Crippen LogP contribution is -2.29. The molecule has 3 aromatic rings. The molecule has 3 aromatic carbocycles. The minimum Gasteiger partial charge on any atom is -0.280 e. The highest BCUT2D eigenvalue weighted by Crippen LogP contribution is 2.30. The first-order valence-electron chi connectivity index (χ1n) is 8.23. The Balaban J connectivity index is 1.68. The maximum absolute atomic E-state index is 13.0. The Kier molecular flexibility index (Phi) is 4.20. The first-order chi connectivity index (χ1) is 13.4. The van der Waals surface area contributed by atoms with Crippen LogP contribution in [0.4, 0.5) is 15.8 Å². The zero-order valence-electron chi connectivity index (χ0n) is 14.3. The first kappa shape index (κ1) is 17.9. The molecule has 0 unspecified atom stereocenters. The molecular weight excluding hydrogens is 383 g/mol. The van der Waals surface area contributed by atoms with Crippen molar-refractivity contribution >= 4 is 33.2 Å². The van der Waals surface area contributed by atoms with Gasteiger partial charge in [0.05, 0.1) is 21.7 Å². The number of hydrogen-bond donors (Lipinski definition) is 1. The summed E-state index contributed by atoms with van der Waals surface area (Å²) in [5.41, 5.74) is 0.871. The van der Waals surface area contributed by atoms with Gasteiger partial charge in [0.25, 0.3) is 21.8 Å². The van der Waals surface area contributed by atoms with Gasteiger partial charge in [-0.2, -0.15) is 0 Å². The zero-order chi connectivity index (χ0) is 19.9. The van der Waals surface area contributed by atoms with E-state index in [0.29, 0.717) is 0 Å². The lowest BCUT2D eigenvalue weighted by atomic mass is 10.1. The predicted octanol–water partition coefficient (Wildman–Crippen LogP) is 3.43. The number of imide groups is 1. The Bertz CT molecular complexity index is 1170. The van der Waals surface area contributed by atoms with E-state index in [9.17, 15) is 22.4 Å². The molecule has 4 rings (SSSR count). The van der Waals surface area contributed by atoms with Crippen LogP contribution in [-0.2, 0) is 10.0 Å². The quantitative estimate of drug-likeness (QED) is 0.685. The van der Waals surface area contributed by atoms with Gasteiger partial charge in [0.1, 0.15) is 5.82 Å². The molecule has 0 aliphatic carbocycles. The molecule has 1 N–H and O–H groups in total. The van der Waals surface area contributed by atoms with Gasteiger partial charge in [-0.05, 0) is 54.6 Å². The van der Waals surface area contributed by atoms with Gasteiger partial charge in [0.2, 0.25) is 0 Å². The molecule has 0 spiro atoms. The summed E-state index contributed by atoms with van der Waals surface area (Å²) in [4.78, 5) is 26.0. The van der Waals surface area contributed by atoms with E-state index in [0.717, 1.165) is 17.0 Å². The van der Waals surface area contributed by atoms with E-state index in [1.54, 1.807) is 24.3 Å². The lowest BCUT2D eigenvalue weighted by molar-refractivity contribution is 0.0926. The van der Waals surface area contributed by atoms with Crippen LogP contribution in [0.2, 0.25) is 0 Å². The van der Waals surface area contributed by atoms with Crippen molar-refractivity contribution in [3.63, 3.8) is 0 Å². The van der Waals surface area contributed by atoms with Crippen LogP contribution in [0.25, 0.3) is 0 Å². The van der Waals surface area contributed by atoms with Crippen LogP contribution in [0.3, 0.4) is 0 Å². The number of carbonyl (C=O) groups is 2. The van der Waals surface area contributed by atoms with E-state index < -0.39 is 27.7 Å². The number of nitrogens with zero attached hydrogens (tertiary/aromatic N) is 1. The first-order valence-corrected chi connectivity index (χ1v) is 9.71. The molecular formula is C20H13FN2O4S. The molecule has 0 radical (unpaired) electrons. The average Bonchev–Trinajstić information content (AvgIpc) is 2.94. The third kappa shape index (κ3) is 3.03. The van der Waals surface area contributed by atoms with E-state index >= 15 is 0 Å². The van der Waals surface area contributed by atoms with Crippen molar-refractivity contribution in [2.24, 2.45) is 0 Å². The minimum absolute atomic E-state index is 0.133. The fourth-order valence-electron chi connectivity index (χ4n) is 2.95. The third-order valence-electron chi connectivity index (χ3n) is 4.28. The summed E-state index contributed by atoms with van der Waals surface area (Å²) in [6.07, 6.45) is 0. The van der Waals surface area contributed by atoms with Crippen molar-refractivity contribution in [3.05, 3.63) is 89.7 Å². The van der Waals surface area contributed by atoms with Gasteiger partial charge in [0.15, 0.2) is 0 Å². The number of fused-ring (bicyclic) bond motifs is 1. The zero-order valence-corrected chi connectivity index (χ0v) is 15.1. The van der Waals surface area contributed by atoms with Crippen LogP contribution >= 0.6 is 0 Å². The summed E-state index contributed by atoms with van der Waals surface area (Å²) < 4.78 is 40.6. The molecule has 0 fully saturated rings. The number of hydrogen-bond acceptors (Lipinski definition) is 4. The van der Waals surface area contributed by atoms with E-state index in [1.165, 1.54) is 36.4 Å². The molecule has 28 heavy (non-hydrogen) atoms. The highest BCUT2D eigenvalue weighted by atomic mass is 32.2. The largest absolute Gasteiger partial charge is 0.280 e. The van der Waals surface area contributed by atoms with Gasteiger partial charge >= 0.3 is 0 Å². The Morgan fingerprint density at radius 1 is 0.786 bits per heavy atom. The second kappa shape index (κ2) is 6.58. The average molecular weight is 396 g/mol. The maximum Gasteiger partial charge on any atom is 0.266 e. The minimum atomic E-state index is -4.00. The predicted molar refractivity (Wildman–Crippen MR) is 101 cm³/mol. The molecule has 8 heteroatoms. The van der Waals surface area contributed by atoms with Gasteiger partial charge in [0, 0.05) is 5.69 Å². The van der Waals surface area contributed by atoms with Crippen molar-refractivity contribution in [2.75, 3.05) is 9.62 Å². The van der Waals surface area contributed by atoms with E-state index in [4.69, 9.17) is 0 Å². The van der Waals surface area contributed by atoms with Crippen molar-refractivity contribution in [3.8, 4) is 0 Å². The molecule has 1 heterocycles. The number of amides is 2. The van der Waals surface area contributed by atoms with Crippen LogP contribution in [0.5, 0.6) is 0 Å². The highest BCUT2D eigenvalue weighted by Gasteiger charge is 2.36. The van der Waals surface area contributed by atoms with Crippen LogP contribution in [0.15, 0.2) is 77.7 Å². The third-order valence-corrected chi connectivity index (χ3v) is 5.66. The van der Waals surface area contributed by atoms with Crippen LogP contribution < -0.4 is 9.62 Å². The smallest absolute Gasteiger partial charge is 0.266 e. The molecule has 6 nitrogen and oxygen atoms in total. The van der Waals surface area contributed by atoms with Crippen molar-refractivity contribution in [2.45, 2.75) is 4.90 Å². The van der Waals surface area contributed by atoms with Crippen LogP contribution in [-0.4, -0.2) is 20.2 Å². The fourth-order valence-corrected chi connectivity index (χ4v) is 4.04. The fraction of sp³-hybridized carbons (Fsp3) is 0. The monoisotopic (exact) mass is 396 g/mol. The molecule has 1 aliphatic rings. The van der Waals surface area contributed by atoms with Gasteiger partial charge in [-0.25, -0.2) is 17.7 Å². The lowest BCUT2D eigenvalue weighted by Gasteiger charge is -2.15. The summed E-state index contributed by atoms with van der Waals surface area (Å²) in [6, 6.07) is 16.8. The summed E-state index contributed by atoms with van der Waals surface area (Å²) in [6.45, 7) is 0. The second-order valence-corrected chi connectivity index (χ2v) is 7.78. The summed E-state index contributed by atoms with van der Waals surface area (Å²) in [5, 5.41) is 0. The second-order valence-electron chi connectivity index (χ2n) is 6.10. The highest BCUT2D eigenvalue weighted by molar-refractivity contribution is 7.92. The van der Waals surface area contributed by atoms with Crippen molar-refractivity contribution in [1.82, 2.24) is 0 Å². The normalized spacial score (nSPS) is 13.5. The molecule has 0 aromatic heterocycles. The Morgan fingerprint density at radius 2 is 1.39 bits per heavy atom. The SMILES string of the molecule is O=C1c2ccccc2C(=O)N1c1cccc(S(=O)(=O)Nc2ccc(F)cc2)c1. The standard InChI is InChI=1S/C20H13FN2O4S/c21-13-8-10-14(11-9-13)22-28(26,27)16-5-3-4-15(12-16)23-19(24)17-6-1-2-7-18(17)20(23)25/h1-12,22H. The van der Waals surface area contributed by atoms with Gasteiger partial charge < -0.3 is 0 Å². The van der Waals surface area contributed by atoms with Gasteiger partial charge in [-0.3, -0.25) is 14.3 Å². The maximum atomic E-state index is 13.0. The molecule has 2 amide bonds. The van der Waals surface area contributed by atoms with Crippen LogP contribution in [0.1, 0.15) is 20.7 Å². The Morgan fingerprint density at radius 3 is 2.00 bits per heavy atom. The molecule has 0 bridgehead atoms. The number of carbonyl (C=O) groups excluding carboxylic acids is 2. The van der Waals surface area contributed by atoms with Crippen LogP contribution in [0, 0.1) is 5.82 Å². The van der Waals surface area contributed by atoms with E-state index in [-0.39, 0.29) is 27.4 Å². The molecule has 0 saturated carbocycles. The molecule has 1 aliphatic heterocycles. The number of benzene rings is 3. The number of nitrogens with one attached hydrogen (secondary N) is 1. The molecule has 0 atom stereocenters. The number of rotatable bonds is 4. The topological polar surface area (TPSA) is 83.6 Å². The molecule has 0 saturated heterocycles. The number of anilines is 2. The Hall–Kier alpha value is -3.52. The number of sulfonamides is 1. The number of halogens is 1. The van der Waals surface area contributed by atoms with Crippen molar-refractivity contribution in [1.29, 1.82) is 0 Å².